The molecular weight excluding hydrogens is 299 g/mol. The van der Waals surface area contributed by atoms with Crippen LogP contribution >= 0.6 is 0 Å². The predicted molar refractivity (Wildman–Crippen MR) is 82.6 cm³/mol. The van der Waals surface area contributed by atoms with Crippen molar-refractivity contribution in [2.24, 2.45) is 0 Å². The lowest BCUT2D eigenvalue weighted by Crippen LogP contribution is -2.05. The highest BCUT2D eigenvalue weighted by atomic mass is 19.1. The molecule has 0 unspecified atom stereocenters. The van der Waals surface area contributed by atoms with Crippen molar-refractivity contribution in [2.75, 3.05) is 7.11 Å². The number of benzene rings is 1. The summed E-state index contributed by atoms with van der Waals surface area (Å²) in [5, 5.41) is 4.57. The summed E-state index contributed by atoms with van der Waals surface area (Å²) in [7, 11) is 1.31. The Hall–Kier alpha value is -2.76. The number of rotatable bonds is 3. The topological polar surface area (TPSA) is 65.2 Å². The molecule has 2 heterocycles. The summed E-state index contributed by atoms with van der Waals surface area (Å²) >= 11 is 0. The van der Waals surface area contributed by atoms with Gasteiger partial charge in [-0.1, -0.05) is 19.0 Å². The van der Waals surface area contributed by atoms with E-state index in [4.69, 9.17) is 9.26 Å². The molecule has 5 nitrogen and oxygen atoms in total. The maximum absolute atomic E-state index is 13.1. The molecule has 23 heavy (non-hydrogen) atoms. The zero-order chi connectivity index (χ0) is 16.6. The number of esters is 1. The second kappa shape index (κ2) is 5.79. The highest BCUT2D eigenvalue weighted by molar-refractivity contribution is 6.04. The van der Waals surface area contributed by atoms with Crippen LogP contribution in [-0.4, -0.2) is 23.2 Å². The molecule has 2 aromatic heterocycles. The number of nitrogens with zero attached hydrogens (tertiary/aromatic N) is 2. The molecule has 0 radical (unpaired) electrons. The maximum atomic E-state index is 13.1. The third-order valence-electron chi connectivity index (χ3n) is 3.57. The van der Waals surface area contributed by atoms with Crippen molar-refractivity contribution in [2.45, 2.75) is 19.8 Å². The lowest BCUT2D eigenvalue weighted by molar-refractivity contribution is 0.0603. The molecule has 6 heteroatoms. The normalized spacial score (nSPS) is 11.2. The molecule has 0 aliphatic rings. The Kier molecular flexibility index (Phi) is 3.82. The van der Waals surface area contributed by atoms with Crippen molar-refractivity contribution in [1.29, 1.82) is 0 Å². The standard InChI is InChI=1S/C17H15FN2O3/c1-9(2)15-14-12(17(21)22-3)8-13(19-16(14)23-20-15)10-4-6-11(18)7-5-10/h4-9H,1-3H3. The average Bonchev–Trinajstić information content (AvgIpc) is 2.98. The van der Waals surface area contributed by atoms with Crippen molar-refractivity contribution in [3.63, 3.8) is 0 Å². The molecular formula is C17H15FN2O3. The lowest BCUT2D eigenvalue weighted by atomic mass is 10.0. The number of carbonyl (C=O) groups is 1. The van der Waals surface area contributed by atoms with Gasteiger partial charge in [-0.05, 0) is 36.2 Å². The molecule has 0 amide bonds. The van der Waals surface area contributed by atoms with Gasteiger partial charge in [0.2, 0.25) is 0 Å². The molecule has 0 aliphatic carbocycles. The first-order valence-corrected chi connectivity index (χ1v) is 7.16. The zero-order valence-corrected chi connectivity index (χ0v) is 13.0. The number of hydrogen-bond acceptors (Lipinski definition) is 5. The summed E-state index contributed by atoms with van der Waals surface area (Å²) in [4.78, 5) is 16.6. The quantitative estimate of drug-likeness (QED) is 0.685. The molecule has 0 spiro atoms. The maximum Gasteiger partial charge on any atom is 0.338 e. The van der Waals surface area contributed by atoms with Gasteiger partial charge in [0.25, 0.3) is 5.71 Å². The fourth-order valence-corrected chi connectivity index (χ4v) is 2.41. The van der Waals surface area contributed by atoms with Gasteiger partial charge in [0.15, 0.2) is 0 Å². The highest BCUT2D eigenvalue weighted by Gasteiger charge is 2.22. The van der Waals surface area contributed by atoms with Crippen LogP contribution in [-0.2, 0) is 4.74 Å². The van der Waals surface area contributed by atoms with E-state index in [1.807, 2.05) is 13.8 Å². The Morgan fingerprint density at radius 1 is 1.26 bits per heavy atom. The monoisotopic (exact) mass is 314 g/mol. The Morgan fingerprint density at radius 2 is 1.96 bits per heavy atom. The van der Waals surface area contributed by atoms with Gasteiger partial charge >= 0.3 is 5.97 Å². The number of ether oxygens (including phenoxy) is 1. The number of halogens is 1. The fraction of sp³-hybridized carbons (Fsp3) is 0.235. The summed E-state index contributed by atoms with van der Waals surface area (Å²) in [6.07, 6.45) is 0. The second-order valence-corrected chi connectivity index (χ2v) is 5.46. The first-order chi connectivity index (χ1) is 11.0. The number of carbonyl (C=O) groups excluding carboxylic acids is 1. The Labute approximate surface area is 132 Å². The van der Waals surface area contributed by atoms with Crippen molar-refractivity contribution in [3.05, 3.63) is 47.4 Å². The van der Waals surface area contributed by atoms with Crippen LogP contribution in [0.25, 0.3) is 22.4 Å². The van der Waals surface area contributed by atoms with Gasteiger partial charge in [0.05, 0.1) is 29.4 Å². The zero-order valence-electron chi connectivity index (χ0n) is 13.0. The van der Waals surface area contributed by atoms with E-state index >= 15 is 0 Å². The van der Waals surface area contributed by atoms with E-state index in [2.05, 4.69) is 10.1 Å². The van der Waals surface area contributed by atoms with Crippen molar-refractivity contribution < 1.29 is 18.4 Å². The molecule has 0 atom stereocenters. The summed E-state index contributed by atoms with van der Waals surface area (Å²) < 4.78 is 23.2. The van der Waals surface area contributed by atoms with Crippen LogP contribution in [0.15, 0.2) is 34.9 Å². The van der Waals surface area contributed by atoms with E-state index in [0.717, 1.165) is 0 Å². The molecule has 0 saturated heterocycles. The van der Waals surface area contributed by atoms with E-state index < -0.39 is 5.97 Å². The smallest absolute Gasteiger partial charge is 0.338 e. The SMILES string of the molecule is COC(=O)c1cc(-c2ccc(F)cc2)nc2onc(C(C)C)c12. The lowest BCUT2D eigenvalue weighted by Gasteiger charge is -2.07. The third kappa shape index (κ3) is 2.67. The number of pyridine rings is 1. The van der Waals surface area contributed by atoms with Gasteiger partial charge in [0, 0.05) is 5.56 Å². The summed E-state index contributed by atoms with van der Waals surface area (Å²) in [6.45, 7) is 3.90. The number of methoxy groups -OCH3 is 1. The highest BCUT2D eigenvalue weighted by Crippen LogP contribution is 2.31. The molecule has 0 aliphatic heterocycles. The minimum absolute atomic E-state index is 0.0677. The van der Waals surface area contributed by atoms with Crippen LogP contribution in [0.2, 0.25) is 0 Å². The number of hydrogen-bond donors (Lipinski definition) is 0. The Balaban J connectivity index is 2.26. The van der Waals surface area contributed by atoms with Crippen molar-refractivity contribution >= 4 is 17.1 Å². The summed E-state index contributed by atoms with van der Waals surface area (Å²) in [6, 6.07) is 7.46. The van der Waals surface area contributed by atoms with Gasteiger partial charge in [-0.2, -0.15) is 0 Å². The first kappa shape index (κ1) is 15.1. The first-order valence-electron chi connectivity index (χ1n) is 7.16. The van der Waals surface area contributed by atoms with Crippen LogP contribution < -0.4 is 0 Å². The van der Waals surface area contributed by atoms with Crippen LogP contribution in [0.4, 0.5) is 4.39 Å². The molecule has 0 bridgehead atoms. The molecule has 1 aromatic carbocycles. The fourth-order valence-electron chi connectivity index (χ4n) is 2.41. The van der Waals surface area contributed by atoms with Gasteiger partial charge in [-0.3, -0.25) is 0 Å². The van der Waals surface area contributed by atoms with Gasteiger partial charge in [-0.25, -0.2) is 14.2 Å². The average molecular weight is 314 g/mol. The number of aromatic nitrogens is 2. The Morgan fingerprint density at radius 3 is 2.57 bits per heavy atom. The van der Waals surface area contributed by atoms with Crippen LogP contribution in [0.1, 0.15) is 35.8 Å². The van der Waals surface area contributed by atoms with Crippen molar-refractivity contribution in [3.8, 4) is 11.3 Å². The van der Waals surface area contributed by atoms with E-state index in [1.54, 1.807) is 18.2 Å². The van der Waals surface area contributed by atoms with E-state index in [-0.39, 0.29) is 17.4 Å². The van der Waals surface area contributed by atoms with Gasteiger partial charge in [0.1, 0.15) is 5.82 Å². The molecule has 3 rings (SSSR count). The van der Waals surface area contributed by atoms with E-state index in [0.29, 0.717) is 27.9 Å². The second-order valence-electron chi connectivity index (χ2n) is 5.46. The van der Waals surface area contributed by atoms with Crippen molar-refractivity contribution in [1.82, 2.24) is 10.1 Å². The van der Waals surface area contributed by atoms with Crippen LogP contribution in [0.3, 0.4) is 0 Å². The molecule has 0 fully saturated rings. The van der Waals surface area contributed by atoms with Crippen LogP contribution in [0, 0.1) is 5.82 Å². The Bertz CT molecular complexity index is 869. The van der Waals surface area contributed by atoms with Crippen LogP contribution in [0.5, 0.6) is 0 Å². The summed E-state index contributed by atoms with van der Waals surface area (Å²) in [5.74, 6) is -0.770. The van der Waals surface area contributed by atoms with E-state index in [1.165, 1.54) is 19.2 Å². The predicted octanol–water partition coefficient (Wildman–Crippen LogP) is 3.94. The minimum Gasteiger partial charge on any atom is -0.465 e. The molecule has 0 saturated carbocycles. The summed E-state index contributed by atoms with van der Waals surface area (Å²) in [5.41, 5.74) is 2.40. The molecule has 118 valence electrons. The largest absolute Gasteiger partial charge is 0.465 e. The van der Waals surface area contributed by atoms with Gasteiger partial charge in [-0.15, -0.1) is 0 Å². The molecule has 3 aromatic rings. The minimum atomic E-state index is -0.495. The molecule has 0 N–H and O–H groups in total. The third-order valence-corrected chi connectivity index (χ3v) is 3.57. The van der Waals surface area contributed by atoms with Gasteiger partial charge < -0.3 is 9.26 Å². The number of fused-ring (bicyclic) bond motifs is 1. The van der Waals surface area contributed by atoms with E-state index in [9.17, 15) is 9.18 Å².